The number of benzene rings is 2. The van der Waals surface area contributed by atoms with Crippen LogP contribution in [0.15, 0.2) is 48.5 Å². The van der Waals surface area contributed by atoms with Gasteiger partial charge in [0.15, 0.2) is 0 Å². The van der Waals surface area contributed by atoms with Crippen LogP contribution in [0.3, 0.4) is 0 Å². The summed E-state index contributed by atoms with van der Waals surface area (Å²) >= 11 is 0. The Kier molecular flexibility index (Phi) is 7.45. The fourth-order valence-electron chi connectivity index (χ4n) is 2.73. The monoisotopic (exact) mass is 439 g/mol. The number of sulfonamides is 1. The normalized spacial score (nSPS) is 11.6. The number of nitrogens with one attached hydrogen (secondary N) is 1. The molecule has 30 heavy (non-hydrogen) atoms. The van der Waals surface area contributed by atoms with Crippen LogP contribution in [0, 0.1) is 11.3 Å². The minimum atomic E-state index is -4.60. The number of halogens is 3. The van der Waals surface area contributed by atoms with Crippen molar-refractivity contribution in [2.45, 2.75) is 25.4 Å². The lowest BCUT2D eigenvalue weighted by molar-refractivity contribution is -0.137. The molecule has 0 saturated heterocycles. The van der Waals surface area contributed by atoms with Crippen LogP contribution < -0.4 is 9.62 Å². The summed E-state index contributed by atoms with van der Waals surface area (Å²) < 4.78 is 63.8. The number of hydrogen-bond acceptors (Lipinski definition) is 4. The second-order valence-corrected chi connectivity index (χ2v) is 8.47. The van der Waals surface area contributed by atoms with E-state index in [2.05, 4.69) is 5.32 Å². The predicted molar refractivity (Wildman–Crippen MR) is 107 cm³/mol. The average molecular weight is 439 g/mol. The third-order valence-corrected chi connectivity index (χ3v) is 5.34. The molecule has 2 rings (SSSR count). The van der Waals surface area contributed by atoms with E-state index in [-0.39, 0.29) is 37.4 Å². The van der Waals surface area contributed by atoms with Crippen molar-refractivity contribution in [3.63, 3.8) is 0 Å². The fourth-order valence-corrected chi connectivity index (χ4v) is 3.68. The standard InChI is InChI=1S/C20H20F3N3O3S/c1-30(28,29)26(18-5-2-4-16(14-18)20(21,22)23)13-3-6-19(27)25-17-9-7-15(8-10-17)11-12-24/h2,4-5,7-10,14H,3,6,11,13H2,1H3,(H,25,27). The van der Waals surface area contributed by atoms with E-state index in [0.29, 0.717) is 5.69 Å². The maximum absolute atomic E-state index is 12.9. The molecule has 1 N–H and O–H groups in total. The van der Waals surface area contributed by atoms with E-state index in [0.717, 1.165) is 34.3 Å². The van der Waals surface area contributed by atoms with Gasteiger partial charge in [0, 0.05) is 18.7 Å². The van der Waals surface area contributed by atoms with Crippen LogP contribution in [-0.2, 0) is 27.4 Å². The zero-order valence-corrected chi connectivity index (χ0v) is 16.9. The van der Waals surface area contributed by atoms with Crippen molar-refractivity contribution < 1.29 is 26.4 Å². The van der Waals surface area contributed by atoms with Crippen LogP contribution in [0.25, 0.3) is 0 Å². The number of carbonyl (C=O) groups is 1. The lowest BCUT2D eigenvalue weighted by Crippen LogP contribution is -2.31. The SMILES string of the molecule is CS(=O)(=O)N(CCCC(=O)Nc1ccc(CC#N)cc1)c1cccc(C(F)(F)F)c1. The van der Waals surface area contributed by atoms with Gasteiger partial charge in [0.2, 0.25) is 15.9 Å². The molecule has 0 bridgehead atoms. The topological polar surface area (TPSA) is 90.3 Å². The van der Waals surface area contributed by atoms with Crippen molar-refractivity contribution >= 4 is 27.3 Å². The highest BCUT2D eigenvalue weighted by Crippen LogP contribution is 2.32. The third kappa shape index (κ3) is 6.77. The van der Waals surface area contributed by atoms with Crippen LogP contribution in [0.4, 0.5) is 24.5 Å². The zero-order chi connectivity index (χ0) is 22.4. The molecular formula is C20H20F3N3O3S. The number of anilines is 2. The van der Waals surface area contributed by atoms with Crippen LogP contribution in [0.1, 0.15) is 24.0 Å². The molecule has 160 valence electrons. The Balaban J connectivity index is 2.00. The van der Waals surface area contributed by atoms with Gasteiger partial charge in [0.05, 0.1) is 30.0 Å². The number of rotatable bonds is 8. The highest BCUT2D eigenvalue weighted by Gasteiger charge is 2.31. The largest absolute Gasteiger partial charge is 0.416 e. The molecule has 0 fully saturated rings. The molecular weight excluding hydrogens is 419 g/mol. The number of carbonyl (C=O) groups excluding carboxylic acids is 1. The summed E-state index contributed by atoms with van der Waals surface area (Å²) in [5, 5.41) is 11.3. The van der Waals surface area contributed by atoms with E-state index in [4.69, 9.17) is 5.26 Å². The predicted octanol–water partition coefficient (Wildman–Crippen LogP) is 3.96. The first kappa shape index (κ1) is 23.2. The van der Waals surface area contributed by atoms with Crippen molar-refractivity contribution in [1.82, 2.24) is 0 Å². The summed E-state index contributed by atoms with van der Waals surface area (Å²) in [5.41, 5.74) is 0.270. The van der Waals surface area contributed by atoms with Gasteiger partial charge in [0.25, 0.3) is 0 Å². The van der Waals surface area contributed by atoms with Gasteiger partial charge in [-0.15, -0.1) is 0 Å². The molecule has 0 aromatic heterocycles. The maximum Gasteiger partial charge on any atom is 0.416 e. The molecule has 0 aliphatic heterocycles. The van der Waals surface area contributed by atoms with Crippen LogP contribution in [-0.4, -0.2) is 27.1 Å². The molecule has 0 aliphatic rings. The number of alkyl halides is 3. The fraction of sp³-hybridized carbons (Fsp3) is 0.300. The van der Waals surface area contributed by atoms with Gasteiger partial charge in [0.1, 0.15) is 0 Å². The smallest absolute Gasteiger partial charge is 0.326 e. The van der Waals surface area contributed by atoms with Crippen molar-refractivity contribution in [3.8, 4) is 6.07 Å². The van der Waals surface area contributed by atoms with E-state index in [9.17, 15) is 26.4 Å². The van der Waals surface area contributed by atoms with E-state index in [1.807, 2.05) is 6.07 Å². The van der Waals surface area contributed by atoms with E-state index >= 15 is 0 Å². The summed E-state index contributed by atoms with van der Waals surface area (Å²) in [6, 6.07) is 12.8. The van der Waals surface area contributed by atoms with Crippen molar-refractivity contribution in [2.24, 2.45) is 0 Å². The van der Waals surface area contributed by atoms with Crippen molar-refractivity contribution in [3.05, 3.63) is 59.7 Å². The number of amides is 1. The van der Waals surface area contributed by atoms with Crippen LogP contribution in [0.2, 0.25) is 0 Å². The summed E-state index contributed by atoms with van der Waals surface area (Å²) in [5.74, 6) is -0.361. The molecule has 0 aliphatic carbocycles. The molecule has 0 radical (unpaired) electrons. The van der Waals surface area contributed by atoms with E-state index < -0.39 is 21.8 Å². The summed E-state index contributed by atoms with van der Waals surface area (Å²) in [4.78, 5) is 12.1. The van der Waals surface area contributed by atoms with Gasteiger partial charge < -0.3 is 5.32 Å². The summed E-state index contributed by atoms with van der Waals surface area (Å²) in [6.45, 7) is -0.144. The summed E-state index contributed by atoms with van der Waals surface area (Å²) in [7, 11) is -3.84. The minimum Gasteiger partial charge on any atom is -0.326 e. The second-order valence-electron chi connectivity index (χ2n) is 6.57. The molecule has 6 nitrogen and oxygen atoms in total. The Morgan fingerprint density at radius 3 is 2.40 bits per heavy atom. The van der Waals surface area contributed by atoms with Crippen molar-refractivity contribution in [1.29, 1.82) is 5.26 Å². The molecule has 0 saturated carbocycles. The van der Waals surface area contributed by atoms with E-state index in [1.54, 1.807) is 24.3 Å². The Hall–Kier alpha value is -3.06. The lowest BCUT2D eigenvalue weighted by Gasteiger charge is -2.23. The zero-order valence-electron chi connectivity index (χ0n) is 16.1. The highest BCUT2D eigenvalue weighted by molar-refractivity contribution is 7.92. The molecule has 0 atom stereocenters. The van der Waals surface area contributed by atoms with Gasteiger partial charge >= 0.3 is 6.18 Å². The maximum atomic E-state index is 12.9. The van der Waals surface area contributed by atoms with Gasteiger partial charge in [-0.1, -0.05) is 18.2 Å². The second kappa shape index (κ2) is 9.63. The first-order chi connectivity index (χ1) is 14.0. The molecule has 0 heterocycles. The Bertz CT molecular complexity index is 1030. The molecule has 0 unspecified atom stereocenters. The molecule has 0 spiro atoms. The van der Waals surface area contributed by atoms with Gasteiger partial charge in [-0.25, -0.2) is 8.42 Å². The molecule has 2 aromatic carbocycles. The molecule has 1 amide bonds. The average Bonchev–Trinajstić information content (AvgIpc) is 2.65. The number of hydrogen-bond donors (Lipinski definition) is 1. The van der Waals surface area contributed by atoms with Crippen molar-refractivity contribution in [2.75, 3.05) is 22.4 Å². The molecule has 2 aromatic rings. The van der Waals surface area contributed by atoms with Crippen LogP contribution in [0.5, 0.6) is 0 Å². The van der Waals surface area contributed by atoms with Gasteiger partial charge in [-0.2, -0.15) is 18.4 Å². The quantitative estimate of drug-likeness (QED) is 0.674. The third-order valence-electron chi connectivity index (χ3n) is 4.15. The highest BCUT2D eigenvalue weighted by atomic mass is 32.2. The first-order valence-corrected chi connectivity index (χ1v) is 10.8. The van der Waals surface area contributed by atoms with Crippen LogP contribution >= 0.6 is 0 Å². The van der Waals surface area contributed by atoms with E-state index in [1.165, 1.54) is 6.07 Å². The van der Waals surface area contributed by atoms with Gasteiger partial charge in [-0.05, 0) is 42.3 Å². The Morgan fingerprint density at radius 1 is 1.17 bits per heavy atom. The first-order valence-electron chi connectivity index (χ1n) is 8.91. The lowest BCUT2D eigenvalue weighted by atomic mass is 10.1. The van der Waals surface area contributed by atoms with Gasteiger partial charge in [-0.3, -0.25) is 9.10 Å². The molecule has 10 heteroatoms. The number of nitriles is 1. The minimum absolute atomic E-state index is 0.0229. The Morgan fingerprint density at radius 2 is 1.83 bits per heavy atom. The Labute approximate surface area is 173 Å². The summed E-state index contributed by atoms with van der Waals surface area (Å²) in [6.07, 6.45) is -3.35. The number of nitrogens with zero attached hydrogens (tertiary/aromatic N) is 2.